The number of rotatable bonds is 5. The van der Waals surface area contributed by atoms with Crippen LogP contribution in [0.2, 0.25) is 0 Å². The summed E-state index contributed by atoms with van der Waals surface area (Å²) in [4.78, 5) is 4.00. The van der Waals surface area contributed by atoms with Gasteiger partial charge >= 0.3 is 0 Å². The average molecular weight is 356 g/mol. The third-order valence-corrected chi connectivity index (χ3v) is 4.68. The fourth-order valence-corrected chi connectivity index (χ4v) is 3.09. The Labute approximate surface area is 126 Å². The predicted molar refractivity (Wildman–Crippen MR) is 82.0 cm³/mol. The van der Waals surface area contributed by atoms with Crippen LogP contribution in [0.25, 0.3) is 0 Å². The van der Waals surface area contributed by atoms with Crippen molar-refractivity contribution in [2.45, 2.75) is 11.4 Å². The molecule has 0 bridgehead atoms. The minimum atomic E-state index is -3.60. The van der Waals surface area contributed by atoms with Crippen LogP contribution in [0.4, 0.5) is 5.69 Å². The summed E-state index contributed by atoms with van der Waals surface area (Å²) in [6.07, 6.45) is 2.87. The number of nitrogens with one attached hydrogen (secondary N) is 2. The van der Waals surface area contributed by atoms with Crippen LogP contribution in [0.15, 0.2) is 52.1 Å². The molecule has 0 spiro atoms. The van der Waals surface area contributed by atoms with Crippen molar-refractivity contribution in [3.8, 4) is 0 Å². The predicted octanol–water partition coefficient (Wildman–Crippen LogP) is 2.36. The summed E-state index contributed by atoms with van der Waals surface area (Å²) in [5.74, 6) is 0. The Kier molecular flexibility index (Phi) is 4.74. The summed E-state index contributed by atoms with van der Waals surface area (Å²) in [5, 5.41) is 2.84. The Balaban J connectivity index is 2.17. The van der Waals surface area contributed by atoms with Gasteiger partial charge in [-0.05, 0) is 23.8 Å². The van der Waals surface area contributed by atoms with Gasteiger partial charge in [-0.1, -0.05) is 28.1 Å². The summed E-state index contributed by atoms with van der Waals surface area (Å²) < 4.78 is 28.0. The van der Waals surface area contributed by atoms with Crippen LogP contribution in [0.1, 0.15) is 5.56 Å². The maximum Gasteiger partial charge on any atom is 0.244 e. The highest BCUT2D eigenvalue weighted by Gasteiger charge is 2.17. The van der Waals surface area contributed by atoms with Gasteiger partial charge in [0.1, 0.15) is 4.90 Å². The highest BCUT2D eigenvalue weighted by Crippen LogP contribution is 2.19. The van der Waals surface area contributed by atoms with Gasteiger partial charge in [0.2, 0.25) is 10.0 Å². The van der Waals surface area contributed by atoms with Crippen LogP contribution in [-0.2, 0) is 16.6 Å². The highest BCUT2D eigenvalue weighted by molar-refractivity contribution is 9.10. The van der Waals surface area contributed by atoms with E-state index in [9.17, 15) is 8.42 Å². The third-order valence-electron chi connectivity index (χ3n) is 2.72. The van der Waals surface area contributed by atoms with E-state index >= 15 is 0 Å². The molecule has 1 heterocycles. The number of benzene rings is 1. The lowest BCUT2D eigenvalue weighted by Gasteiger charge is -2.10. The fraction of sp³-hybridized carbons (Fsp3) is 0.154. The molecule has 0 fully saturated rings. The van der Waals surface area contributed by atoms with Crippen molar-refractivity contribution in [2.75, 3.05) is 12.4 Å². The first kappa shape index (κ1) is 15.0. The van der Waals surface area contributed by atoms with Gasteiger partial charge in [-0.15, -0.1) is 0 Å². The van der Waals surface area contributed by atoms with Crippen molar-refractivity contribution in [1.82, 2.24) is 9.71 Å². The number of nitrogens with zero attached hydrogens (tertiary/aromatic N) is 1. The topological polar surface area (TPSA) is 71.1 Å². The van der Waals surface area contributed by atoms with E-state index in [0.717, 1.165) is 10.0 Å². The van der Waals surface area contributed by atoms with Crippen molar-refractivity contribution in [3.05, 3.63) is 52.8 Å². The Morgan fingerprint density at radius 3 is 2.55 bits per heavy atom. The molecule has 2 rings (SSSR count). The van der Waals surface area contributed by atoms with E-state index < -0.39 is 10.0 Å². The zero-order valence-electron chi connectivity index (χ0n) is 10.8. The van der Waals surface area contributed by atoms with E-state index in [-0.39, 0.29) is 11.4 Å². The first-order valence-corrected chi connectivity index (χ1v) is 8.16. The van der Waals surface area contributed by atoms with Crippen molar-refractivity contribution < 1.29 is 8.42 Å². The minimum absolute atomic E-state index is 0.139. The molecule has 0 unspecified atom stereocenters. The number of hydrogen-bond acceptors (Lipinski definition) is 4. The van der Waals surface area contributed by atoms with E-state index in [0.29, 0.717) is 5.69 Å². The van der Waals surface area contributed by atoms with Gasteiger partial charge in [-0.25, -0.2) is 13.1 Å². The van der Waals surface area contributed by atoms with Gasteiger partial charge in [-0.2, -0.15) is 0 Å². The zero-order chi connectivity index (χ0) is 14.6. The van der Waals surface area contributed by atoms with Crippen LogP contribution in [0.3, 0.4) is 0 Å². The second-order valence-electron chi connectivity index (χ2n) is 4.07. The van der Waals surface area contributed by atoms with Crippen LogP contribution in [-0.4, -0.2) is 20.4 Å². The number of sulfonamides is 1. The van der Waals surface area contributed by atoms with Crippen LogP contribution < -0.4 is 10.0 Å². The fourth-order valence-electron chi connectivity index (χ4n) is 1.66. The second kappa shape index (κ2) is 6.34. The number of aromatic nitrogens is 1. The molecule has 0 aliphatic carbocycles. The lowest BCUT2D eigenvalue weighted by atomic mass is 10.2. The van der Waals surface area contributed by atoms with Gasteiger partial charge in [0, 0.05) is 30.5 Å². The van der Waals surface area contributed by atoms with E-state index in [2.05, 4.69) is 31.0 Å². The summed E-state index contributed by atoms with van der Waals surface area (Å²) in [6.45, 7) is 0.230. The molecular weight excluding hydrogens is 342 g/mol. The molecule has 2 N–H and O–H groups in total. The summed E-state index contributed by atoms with van der Waals surface area (Å²) in [7, 11) is -1.93. The average Bonchev–Trinajstić information content (AvgIpc) is 2.46. The number of hydrogen-bond donors (Lipinski definition) is 2. The molecule has 2 aromatic rings. The van der Waals surface area contributed by atoms with E-state index in [1.807, 2.05) is 24.3 Å². The number of halogens is 1. The molecule has 106 valence electrons. The van der Waals surface area contributed by atoms with E-state index in [1.54, 1.807) is 19.3 Å². The van der Waals surface area contributed by atoms with Gasteiger partial charge in [-0.3, -0.25) is 4.98 Å². The summed E-state index contributed by atoms with van der Waals surface area (Å²) in [5.41, 5.74) is 1.40. The van der Waals surface area contributed by atoms with Gasteiger partial charge < -0.3 is 5.32 Å². The van der Waals surface area contributed by atoms with Gasteiger partial charge in [0.05, 0.1) is 5.69 Å². The molecule has 0 amide bonds. The van der Waals surface area contributed by atoms with Crippen molar-refractivity contribution in [1.29, 1.82) is 0 Å². The van der Waals surface area contributed by atoms with Crippen molar-refractivity contribution in [3.63, 3.8) is 0 Å². The van der Waals surface area contributed by atoms with Crippen LogP contribution in [0.5, 0.6) is 0 Å². The molecular formula is C13H14BrN3O2S. The maximum atomic E-state index is 12.3. The lowest BCUT2D eigenvalue weighted by Crippen LogP contribution is -2.24. The van der Waals surface area contributed by atoms with Crippen LogP contribution >= 0.6 is 15.9 Å². The number of anilines is 1. The van der Waals surface area contributed by atoms with Crippen molar-refractivity contribution >= 4 is 31.6 Å². The summed E-state index contributed by atoms with van der Waals surface area (Å²) >= 11 is 3.34. The molecule has 0 saturated carbocycles. The highest BCUT2D eigenvalue weighted by atomic mass is 79.9. The zero-order valence-corrected chi connectivity index (χ0v) is 13.2. The normalized spacial score (nSPS) is 11.3. The molecule has 0 aliphatic rings. The molecule has 20 heavy (non-hydrogen) atoms. The lowest BCUT2D eigenvalue weighted by molar-refractivity contribution is 0.581. The summed E-state index contributed by atoms with van der Waals surface area (Å²) in [6, 6.07) is 9.07. The first-order valence-electron chi connectivity index (χ1n) is 5.89. The largest absolute Gasteiger partial charge is 0.387 e. The Morgan fingerprint density at radius 1 is 1.20 bits per heavy atom. The second-order valence-corrected chi connectivity index (χ2v) is 6.72. The Morgan fingerprint density at radius 2 is 1.90 bits per heavy atom. The standard InChI is InChI=1S/C13H14BrN3O2S/c1-15-12-6-7-16-9-13(12)20(18,19)17-8-10-2-4-11(14)5-3-10/h2-7,9,17H,8H2,1H3,(H,15,16). The number of pyridine rings is 1. The molecule has 0 aliphatic heterocycles. The SMILES string of the molecule is CNc1ccncc1S(=O)(=O)NCc1ccc(Br)cc1. The molecule has 1 aromatic carbocycles. The minimum Gasteiger partial charge on any atom is -0.387 e. The van der Waals surface area contributed by atoms with E-state index in [1.165, 1.54) is 6.20 Å². The molecule has 0 atom stereocenters. The monoisotopic (exact) mass is 355 g/mol. The molecule has 1 aromatic heterocycles. The Hall–Kier alpha value is -1.44. The quantitative estimate of drug-likeness (QED) is 0.863. The molecule has 0 saturated heterocycles. The smallest absolute Gasteiger partial charge is 0.244 e. The molecule has 0 radical (unpaired) electrons. The van der Waals surface area contributed by atoms with E-state index in [4.69, 9.17) is 0 Å². The van der Waals surface area contributed by atoms with Crippen molar-refractivity contribution in [2.24, 2.45) is 0 Å². The molecule has 7 heteroatoms. The van der Waals surface area contributed by atoms with Gasteiger partial charge in [0.25, 0.3) is 0 Å². The third kappa shape index (κ3) is 3.56. The Bertz CT molecular complexity index is 687. The molecule has 5 nitrogen and oxygen atoms in total. The van der Waals surface area contributed by atoms with Crippen LogP contribution in [0, 0.1) is 0 Å². The maximum absolute atomic E-state index is 12.3. The first-order chi connectivity index (χ1) is 9.53. The van der Waals surface area contributed by atoms with Gasteiger partial charge in [0.15, 0.2) is 0 Å².